The fourth-order valence-corrected chi connectivity index (χ4v) is 4.55. The van der Waals surface area contributed by atoms with Gasteiger partial charge in [0.25, 0.3) is 0 Å². The number of carbonyl (C=O) groups is 1. The fourth-order valence-electron chi connectivity index (χ4n) is 3.95. The molecule has 7 heteroatoms. The molecule has 0 N–H and O–H groups in total. The molecule has 1 spiro atoms. The number of hydrogen-bond donors (Lipinski definition) is 0. The molecule has 6 nitrogen and oxygen atoms in total. The number of anilines is 1. The minimum atomic E-state index is -0.280. The van der Waals surface area contributed by atoms with E-state index < -0.39 is 0 Å². The van der Waals surface area contributed by atoms with Gasteiger partial charge in [-0.1, -0.05) is 0 Å². The van der Waals surface area contributed by atoms with E-state index in [9.17, 15) is 4.79 Å². The third-order valence-electron chi connectivity index (χ3n) is 5.25. The van der Waals surface area contributed by atoms with Gasteiger partial charge in [-0.15, -0.1) is 11.3 Å². The standard InChI is InChI=1S/C18H23N5OS/c1-13-8-19-17(20-9-13)23-6-3-4-18(12-23)5-7-22(16(18)24)10-15-11-25-14(2)21-15/h8-9,11H,3-7,10,12H2,1-2H3/t18-/m0/s1. The van der Waals surface area contributed by atoms with Gasteiger partial charge >= 0.3 is 0 Å². The van der Waals surface area contributed by atoms with E-state index in [4.69, 9.17) is 0 Å². The molecular weight excluding hydrogens is 334 g/mol. The molecule has 132 valence electrons. The Balaban J connectivity index is 1.49. The molecule has 2 aliphatic heterocycles. The average Bonchev–Trinajstić information content (AvgIpc) is 3.15. The van der Waals surface area contributed by atoms with E-state index in [2.05, 4.69) is 25.2 Å². The number of nitrogens with zero attached hydrogens (tertiary/aromatic N) is 5. The maximum absolute atomic E-state index is 13.2. The highest BCUT2D eigenvalue weighted by molar-refractivity contribution is 7.09. The highest BCUT2D eigenvalue weighted by atomic mass is 32.1. The third-order valence-corrected chi connectivity index (χ3v) is 6.07. The zero-order valence-electron chi connectivity index (χ0n) is 14.7. The van der Waals surface area contributed by atoms with Gasteiger partial charge in [0.1, 0.15) is 0 Å². The summed E-state index contributed by atoms with van der Waals surface area (Å²) >= 11 is 1.64. The Morgan fingerprint density at radius 3 is 2.72 bits per heavy atom. The Morgan fingerprint density at radius 1 is 1.20 bits per heavy atom. The molecule has 2 saturated heterocycles. The molecule has 2 aromatic heterocycles. The molecule has 1 atom stereocenters. The van der Waals surface area contributed by atoms with E-state index in [0.717, 1.165) is 61.1 Å². The lowest BCUT2D eigenvalue weighted by Gasteiger charge is -2.39. The summed E-state index contributed by atoms with van der Waals surface area (Å²) in [5, 5.41) is 3.11. The van der Waals surface area contributed by atoms with Crippen molar-refractivity contribution < 1.29 is 4.79 Å². The van der Waals surface area contributed by atoms with Crippen LogP contribution in [0.3, 0.4) is 0 Å². The lowest BCUT2D eigenvalue weighted by molar-refractivity contribution is -0.137. The first-order chi connectivity index (χ1) is 12.1. The Labute approximate surface area is 151 Å². The smallest absolute Gasteiger partial charge is 0.231 e. The number of carbonyl (C=O) groups excluding carboxylic acids is 1. The number of aromatic nitrogens is 3. The molecule has 0 radical (unpaired) electrons. The molecule has 0 unspecified atom stereocenters. The van der Waals surface area contributed by atoms with Gasteiger partial charge in [0.2, 0.25) is 11.9 Å². The summed E-state index contributed by atoms with van der Waals surface area (Å²) in [5.41, 5.74) is 1.77. The highest BCUT2D eigenvalue weighted by Gasteiger charge is 2.49. The van der Waals surface area contributed by atoms with Gasteiger partial charge < -0.3 is 9.80 Å². The summed E-state index contributed by atoms with van der Waals surface area (Å²) in [7, 11) is 0. The molecule has 25 heavy (non-hydrogen) atoms. The minimum Gasteiger partial charge on any atom is -0.340 e. The molecule has 0 aromatic carbocycles. The maximum atomic E-state index is 13.2. The zero-order chi connectivity index (χ0) is 17.4. The van der Waals surface area contributed by atoms with Gasteiger partial charge in [0.15, 0.2) is 0 Å². The highest BCUT2D eigenvalue weighted by Crippen LogP contribution is 2.41. The fraction of sp³-hybridized carbons (Fsp3) is 0.556. The SMILES string of the molecule is Cc1cnc(N2CCC[C@]3(CCN(Cc4csc(C)n4)C3=O)C2)nc1. The maximum Gasteiger partial charge on any atom is 0.231 e. The van der Waals surface area contributed by atoms with Crippen LogP contribution in [0.1, 0.15) is 35.5 Å². The number of amides is 1. The van der Waals surface area contributed by atoms with E-state index in [1.165, 1.54) is 0 Å². The summed E-state index contributed by atoms with van der Waals surface area (Å²) in [5.74, 6) is 1.01. The summed E-state index contributed by atoms with van der Waals surface area (Å²) < 4.78 is 0. The number of thiazole rings is 1. The zero-order valence-corrected chi connectivity index (χ0v) is 15.6. The molecule has 2 fully saturated rings. The molecule has 2 aromatic rings. The van der Waals surface area contributed by atoms with Crippen LogP contribution in [0.4, 0.5) is 5.95 Å². The van der Waals surface area contributed by atoms with Crippen molar-refractivity contribution >= 4 is 23.2 Å². The molecule has 0 saturated carbocycles. The Hall–Kier alpha value is -2.02. The van der Waals surface area contributed by atoms with Crippen LogP contribution in [-0.2, 0) is 11.3 Å². The predicted octanol–water partition coefficient (Wildman–Crippen LogP) is 2.57. The number of aryl methyl sites for hydroxylation is 2. The van der Waals surface area contributed by atoms with E-state index >= 15 is 0 Å². The van der Waals surface area contributed by atoms with Crippen molar-refractivity contribution in [2.24, 2.45) is 5.41 Å². The van der Waals surface area contributed by atoms with Gasteiger partial charge in [0, 0.05) is 37.4 Å². The Kier molecular flexibility index (Phi) is 4.19. The second-order valence-electron chi connectivity index (χ2n) is 7.20. The van der Waals surface area contributed by atoms with Crippen LogP contribution in [0, 0.1) is 19.3 Å². The van der Waals surface area contributed by atoms with Crippen molar-refractivity contribution in [3.63, 3.8) is 0 Å². The number of hydrogen-bond acceptors (Lipinski definition) is 6. The van der Waals surface area contributed by atoms with Crippen molar-refractivity contribution in [3.8, 4) is 0 Å². The van der Waals surface area contributed by atoms with Crippen LogP contribution in [0.25, 0.3) is 0 Å². The van der Waals surface area contributed by atoms with Crippen molar-refractivity contribution in [3.05, 3.63) is 34.0 Å². The predicted molar refractivity (Wildman–Crippen MR) is 97.5 cm³/mol. The average molecular weight is 357 g/mol. The molecule has 2 aliphatic rings. The lowest BCUT2D eigenvalue weighted by atomic mass is 9.78. The number of piperidine rings is 1. The number of rotatable bonds is 3. The molecule has 4 heterocycles. The lowest BCUT2D eigenvalue weighted by Crippen LogP contribution is -2.48. The molecule has 0 aliphatic carbocycles. The second-order valence-corrected chi connectivity index (χ2v) is 8.26. The summed E-state index contributed by atoms with van der Waals surface area (Å²) in [6.45, 7) is 7.08. The van der Waals surface area contributed by atoms with Crippen LogP contribution in [0.2, 0.25) is 0 Å². The van der Waals surface area contributed by atoms with Crippen LogP contribution in [0.15, 0.2) is 17.8 Å². The van der Waals surface area contributed by atoms with Crippen molar-refractivity contribution in [1.82, 2.24) is 19.9 Å². The van der Waals surface area contributed by atoms with Gasteiger partial charge in [-0.2, -0.15) is 0 Å². The summed E-state index contributed by atoms with van der Waals surface area (Å²) in [6.07, 6.45) is 6.57. The Morgan fingerprint density at radius 2 is 2.00 bits per heavy atom. The monoisotopic (exact) mass is 357 g/mol. The Bertz CT molecular complexity index is 774. The minimum absolute atomic E-state index is 0.273. The van der Waals surface area contributed by atoms with Gasteiger partial charge in [-0.25, -0.2) is 15.0 Å². The van der Waals surface area contributed by atoms with Crippen LogP contribution in [0.5, 0.6) is 0 Å². The van der Waals surface area contributed by atoms with Crippen LogP contribution < -0.4 is 4.90 Å². The number of likely N-dealkylation sites (tertiary alicyclic amines) is 1. The van der Waals surface area contributed by atoms with Crippen molar-refractivity contribution in [1.29, 1.82) is 0 Å². The van der Waals surface area contributed by atoms with E-state index in [-0.39, 0.29) is 11.3 Å². The summed E-state index contributed by atoms with van der Waals surface area (Å²) in [4.78, 5) is 30.7. The molecule has 4 rings (SSSR count). The summed E-state index contributed by atoms with van der Waals surface area (Å²) in [6, 6.07) is 0. The quantitative estimate of drug-likeness (QED) is 0.845. The first-order valence-corrected chi connectivity index (χ1v) is 9.68. The second kappa shape index (κ2) is 6.37. The molecule has 0 bridgehead atoms. The third kappa shape index (κ3) is 3.13. The largest absolute Gasteiger partial charge is 0.340 e. The molecule has 1 amide bonds. The first kappa shape index (κ1) is 16.4. The normalized spacial score (nSPS) is 23.7. The van der Waals surface area contributed by atoms with Crippen molar-refractivity contribution in [2.45, 2.75) is 39.7 Å². The van der Waals surface area contributed by atoms with E-state index in [1.807, 2.05) is 31.1 Å². The van der Waals surface area contributed by atoms with Crippen LogP contribution >= 0.6 is 11.3 Å². The van der Waals surface area contributed by atoms with Gasteiger partial charge in [-0.3, -0.25) is 4.79 Å². The van der Waals surface area contributed by atoms with Crippen molar-refractivity contribution in [2.75, 3.05) is 24.5 Å². The van der Waals surface area contributed by atoms with Crippen LogP contribution in [-0.4, -0.2) is 45.4 Å². The first-order valence-electron chi connectivity index (χ1n) is 8.80. The molecular formula is C18H23N5OS. The van der Waals surface area contributed by atoms with Gasteiger partial charge in [0.05, 0.1) is 22.7 Å². The van der Waals surface area contributed by atoms with E-state index in [1.54, 1.807) is 11.3 Å². The van der Waals surface area contributed by atoms with Gasteiger partial charge in [-0.05, 0) is 38.7 Å². The van der Waals surface area contributed by atoms with E-state index in [0.29, 0.717) is 6.54 Å². The topological polar surface area (TPSA) is 62.2 Å².